The molecule has 0 aromatic carbocycles. The molecule has 0 aromatic heterocycles. The van der Waals surface area contributed by atoms with Crippen molar-refractivity contribution in [1.29, 1.82) is 5.26 Å². The van der Waals surface area contributed by atoms with Gasteiger partial charge in [0.25, 0.3) is 0 Å². The maximum atomic E-state index is 11.7. The van der Waals surface area contributed by atoms with Crippen molar-refractivity contribution in [3.05, 3.63) is 0 Å². The summed E-state index contributed by atoms with van der Waals surface area (Å²) in [7, 11) is 0. The van der Waals surface area contributed by atoms with Crippen LogP contribution in [0.5, 0.6) is 0 Å². The first-order valence-electron chi connectivity index (χ1n) is 5.77. The number of rotatable bonds is 3. The lowest BCUT2D eigenvalue weighted by Gasteiger charge is -2.15. The van der Waals surface area contributed by atoms with Crippen LogP contribution in [0, 0.1) is 33.5 Å². The van der Waals surface area contributed by atoms with Crippen molar-refractivity contribution in [3.8, 4) is 6.07 Å². The number of hydrogen-bond acceptors (Lipinski definition) is 2. The second-order valence-electron chi connectivity index (χ2n) is 6.44. The highest BCUT2D eigenvalue weighted by atomic mass is 16.2. The number of hydrogen-bond donors (Lipinski definition) is 1. The molecule has 0 aliphatic heterocycles. The molecule has 1 fully saturated rings. The number of nitrogens with zero attached hydrogens (tertiary/aromatic N) is 1. The van der Waals surface area contributed by atoms with Crippen LogP contribution in [-0.2, 0) is 4.79 Å². The monoisotopic (exact) mass is 222 g/mol. The van der Waals surface area contributed by atoms with Gasteiger partial charge in [-0.25, -0.2) is 0 Å². The first-order chi connectivity index (χ1) is 7.07. The Morgan fingerprint density at radius 3 is 2.06 bits per heavy atom. The molecule has 3 nitrogen and oxygen atoms in total. The minimum Gasteiger partial charge on any atom is -0.354 e. The number of amides is 1. The van der Waals surface area contributed by atoms with Crippen LogP contribution >= 0.6 is 0 Å². The molecule has 0 unspecified atom stereocenters. The molecule has 1 aliphatic rings. The van der Waals surface area contributed by atoms with Crippen molar-refractivity contribution in [1.82, 2.24) is 5.32 Å². The van der Waals surface area contributed by atoms with Crippen LogP contribution in [0.25, 0.3) is 0 Å². The van der Waals surface area contributed by atoms with Gasteiger partial charge in [0.15, 0.2) is 0 Å². The van der Waals surface area contributed by atoms with Gasteiger partial charge < -0.3 is 5.32 Å². The van der Waals surface area contributed by atoms with E-state index in [0.29, 0.717) is 12.5 Å². The lowest BCUT2D eigenvalue weighted by Crippen LogP contribution is -2.37. The molecule has 0 aromatic rings. The van der Waals surface area contributed by atoms with Gasteiger partial charge in [-0.2, -0.15) is 5.26 Å². The summed E-state index contributed by atoms with van der Waals surface area (Å²) in [5, 5.41) is 11.7. The summed E-state index contributed by atoms with van der Waals surface area (Å²) in [6.45, 7) is 12.8. The first-order valence-corrected chi connectivity index (χ1v) is 5.77. The van der Waals surface area contributed by atoms with Gasteiger partial charge >= 0.3 is 0 Å². The van der Waals surface area contributed by atoms with Crippen molar-refractivity contribution in [2.24, 2.45) is 22.2 Å². The van der Waals surface area contributed by atoms with E-state index < -0.39 is 5.41 Å². The predicted octanol–water partition coefficient (Wildman–Crippen LogP) is 2.33. The van der Waals surface area contributed by atoms with Crippen molar-refractivity contribution in [3.63, 3.8) is 0 Å². The maximum Gasteiger partial charge on any atom is 0.239 e. The second kappa shape index (κ2) is 3.48. The molecular weight excluding hydrogens is 200 g/mol. The summed E-state index contributed by atoms with van der Waals surface area (Å²) in [4.78, 5) is 11.7. The van der Waals surface area contributed by atoms with E-state index in [0.717, 1.165) is 0 Å². The number of carbonyl (C=O) groups excluding carboxylic acids is 1. The minimum absolute atomic E-state index is 0.173. The van der Waals surface area contributed by atoms with E-state index in [1.807, 2.05) is 6.07 Å². The number of nitriles is 1. The Labute approximate surface area is 98.2 Å². The highest BCUT2D eigenvalue weighted by Crippen LogP contribution is 2.67. The van der Waals surface area contributed by atoms with E-state index in [9.17, 15) is 4.79 Å². The molecule has 0 spiro atoms. The molecule has 0 heterocycles. The summed E-state index contributed by atoms with van der Waals surface area (Å²) in [6, 6.07) is 2.01. The van der Waals surface area contributed by atoms with Crippen LogP contribution < -0.4 is 5.32 Å². The third kappa shape index (κ3) is 1.81. The SMILES string of the molecule is CC(C)(C#N)C(=O)NCC1C(C)(C)C1(C)C. The van der Waals surface area contributed by atoms with Gasteiger partial charge in [0.1, 0.15) is 5.41 Å². The Balaban J connectivity index is 2.51. The fraction of sp³-hybridized carbons (Fsp3) is 0.846. The molecule has 0 bridgehead atoms. The van der Waals surface area contributed by atoms with Crippen LogP contribution in [0.1, 0.15) is 41.5 Å². The van der Waals surface area contributed by atoms with E-state index in [1.54, 1.807) is 13.8 Å². The Bertz CT molecular complexity index is 333. The molecule has 1 rings (SSSR count). The molecule has 0 saturated heterocycles. The molecule has 1 amide bonds. The minimum atomic E-state index is -0.927. The Hall–Kier alpha value is -1.04. The van der Waals surface area contributed by atoms with Crippen LogP contribution in [0.4, 0.5) is 0 Å². The third-order valence-electron chi connectivity index (χ3n) is 4.63. The van der Waals surface area contributed by atoms with Crippen molar-refractivity contribution < 1.29 is 4.79 Å². The van der Waals surface area contributed by atoms with Crippen molar-refractivity contribution >= 4 is 5.91 Å². The van der Waals surface area contributed by atoms with Gasteiger partial charge in [-0.15, -0.1) is 0 Å². The third-order valence-corrected chi connectivity index (χ3v) is 4.63. The lowest BCUT2D eigenvalue weighted by atomic mass is 9.94. The van der Waals surface area contributed by atoms with Crippen LogP contribution in [0.3, 0.4) is 0 Å². The normalized spacial score (nSPS) is 22.3. The van der Waals surface area contributed by atoms with Gasteiger partial charge in [0.2, 0.25) is 5.91 Å². The topological polar surface area (TPSA) is 52.9 Å². The Kier molecular flexibility index (Phi) is 2.83. The average molecular weight is 222 g/mol. The largest absolute Gasteiger partial charge is 0.354 e. The fourth-order valence-electron chi connectivity index (χ4n) is 2.31. The lowest BCUT2D eigenvalue weighted by molar-refractivity contribution is -0.126. The van der Waals surface area contributed by atoms with E-state index in [2.05, 4.69) is 33.0 Å². The molecule has 1 N–H and O–H groups in total. The summed E-state index contributed by atoms with van der Waals surface area (Å²) in [6.07, 6.45) is 0. The molecule has 3 heteroatoms. The zero-order valence-corrected chi connectivity index (χ0v) is 11.1. The van der Waals surface area contributed by atoms with Crippen molar-refractivity contribution in [2.75, 3.05) is 6.54 Å². The molecule has 1 aliphatic carbocycles. The number of nitrogens with one attached hydrogen (secondary N) is 1. The molecule has 90 valence electrons. The van der Waals surface area contributed by atoms with Crippen LogP contribution in [0.15, 0.2) is 0 Å². The summed E-state index contributed by atoms with van der Waals surface area (Å²) in [5.41, 5.74) is -0.378. The van der Waals surface area contributed by atoms with Crippen LogP contribution in [-0.4, -0.2) is 12.5 Å². The highest BCUT2D eigenvalue weighted by molar-refractivity contribution is 5.84. The summed E-state index contributed by atoms with van der Waals surface area (Å²) >= 11 is 0. The highest BCUT2D eigenvalue weighted by Gasteiger charge is 2.64. The molecule has 1 saturated carbocycles. The zero-order valence-electron chi connectivity index (χ0n) is 11.1. The van der Waals surface area contributed by atoms with Gasteiger partial charge in [0.05, 0.1) is 6.07 Å². The van der Waals surface area contributed by atoms with E-state index in [-0.39, 0.29) is 16.7 Å². The summed E-state index contributed by atoms with van der Waals surface area (Å²) < 4.78 is 0. The van der Waals surface area contributed by atoms with E-state index in [1.165, 1.54) is 0 Å². The molecular formula is C13H22N2O. The quantitative estimate of drug-likeness (QED) is 0.796. The molecule has 0 radical (unpaired) electrons. The smallest absolute Gasteiger partial charge is 0.239 e. The van der Waals surface area contributed by atoms with Gasteiger partial charge in [-0.05, 0) is 30.6 Å². The van der Waals surface area contributed by atoms with Gasteiger partial charge in [-0.3, -0.25) is 4.79 Å². The summed E-state index contributed by atoms with van der Waals surface area (Å²) in [5.74, 6) is 0.326. The molecule has 0 atom stereocenters. The van der Waals surface area contributed by atoms with Gasteiger partial charge in [0, 0.05) is 6.54 Å². The van der Waals surface area contributed by atoms with E-state index in [4.69, 9.17) is 5.26 Å². The Morgan fingerprint density at radius 2 is 1.75 bits per heavy atom. The zero-order chi connectivity index (χ0) is 12.8. The maximum absolute atomic E-state index is 11.7. The van der Waals surface area contributed by atoms with Crippen LogP contribution in [0.2, 0.25) is 0 Å². The predicted molar refractivity (Wildman–Crippen MR) is 63.5 cm³/mol. The van der Waals surface area contributed by atoms with Gasteiger partial charge in [-0.1, -0.05) is 27.7 Å². The molecule has 16 heavy (non-hydrogen) atoms. The number of carbonyl (C=O) groups is 1. The van der Waals surface area contributed by atoms with Crippen molar-refractivity contribution in [2.45, 2.75) is 41.5 Å². The average Bonchev–Trinajstić information content (AvgIpc) is 2.54. The standard InChI is InChI=1S/C13H22N2O/c1-11(2,8-14)10(16)15-7-9-12(3,4)13(9,5)6/h9H,7H2,1-6H3,(H,15,16). The second-order valence-corrected chi connectivity index (χ2v) is 6.44. The fourth-order valence-corrected chi connectivity index (χ4v) is 2.31. The first kappa shape index (κ1) is 13.0. The van der Waals surface area contributed by atoms with E-state index >= 15 is 0 Å². The Morgan fingerprint density at radius 1 is 1.31 bits per heavy atom.